The predicted molar refractivity (Wildman–Crippen MR) is 99.6 cm³/mol. The van der Waals surface area contributed by atoms with E-state index in [2.05, 4.69) is 10.4 Å². The fourth-order valence-electron chi connectivity index (χ4n) is 2.45. The van der Waals surface area contributed by atoms with E-state index < -0.39 is 28.8 Å². The zero-order chi connectivity index (χ0) is 19.4. The molecule has 0 aliphatic carbocycles. The molecule has 0 fully saturated rings. The lowest BCUT2D eigenvalue weighted by Crippen LogP contribution is -2.30. The highest BCUT2D eigenvalue weighted by Gasteiger charge is 2.23. The van der Waals surface area contributed by atoms with Crippen molar-refractivity contribution < 1.29 is 18.5 Å². The summed E-state index contributed by atoms with van der Waals surface area (Å²) in [5.74, 6) is -0.740. The first kappa shape index (κ1) is 19.8. The molecule has 1 N–H and O–H groups in total. The second kappa shape index (κ2) is 8.27. The van der Waals surface area contributed by atoms with Gasteiger partial charge in [-0.05, 0) is 32.9 Å². The highest BCUT2D eigenvalue weighted by atomic mass is 32.2. The summed E-state index contributed by atoms with van der Waals surface area (Å²) in [5.41, 5.74) is 2.30. The van der Waals surface area contributed by atoms with Crippen LogP contribution < -0.4 is 5.32 Å². The molecule has 7 nitrogen and oxygen atoms in total. The molecule has 2 atom stereocenters. The van der Waals surface area contributed by atoms with Gasteiger partial charge in [-0.25, -0.2) is 4.79 Å². The highest BCUT2D eigenvalue weighted by Crippen LogP contribution is 2.20. The maximum absolute atomic E-state index is 12.4. The van der Waals surface area contributed by atoms with Gasteiger partial charge < -0.3 is 10.1 Å². The molecule has 0 bridgehead atoms. The number of anilines is 1. The summed E-state index contributed by atoms with van der Waals surface area (Å²) in [5, 5.41) is 6.98. The standard InChI is InChI=1S/C18H23N3O4S/c1-6-26(24)15-10-8-7-9-14(15)18(23)25-13(4)17(22)19-16-11(2)20-21(5)12(16)3/h7-10,13H,6H2,1-5H3,(H,19,22). The molecular formula is C18H23N3O4S. The van der Waals surface area contributed by atoms with Crippen molar-refractivity contribution >= 4 is 28.4 Å². The molecule has 0 saturated carbocycles. The van der Waals surface area contributed by atoms with Gasteiger partial charge in [-0.3, -0.25) is 13.7 Å². The Morgan fingerprint density at radius 3 is 2.54 bits per heavy atom. The number of nitrogens with one attached hydrogen (secondary N) is 1. The van der Waals surface area contributed by atoms with Crippen molar-refractivity contribution in [2.24, 2.45) is 7.05 Å². The quantitative estimate of drug-likeness (QED) is 0.781. The van der Waals surface area contributed by atoms with Gasteiger partial charge in [-0.1, -0.05) is 19.1 Å². The number of aromatic nitrogens is 2. The number of hydrogen-bond donors (Lipinski definition) is 1. The van der Waals surface area contributed by atoms with Crippen LogP contribution in [0.15, 0.2) is 29.2 Å². The summed E-state index contributed by atoms with van der Waals surface area (Å²) in [6, 6.07) is 6.55. The van der Waals surface area contributed by atoms with E-state index in [1.165, 1.54) is 6.92 Å². The number of carbonyl (C=O) groups is 2. The third kappa shape index (κ3) is 4.19. The molecule has 0 aliphatic heterocycles. The molecular weight excluding hydrogens is 354 g/mol. The first-order valence-electron chi connectivity index (χ1n) is 8.25. The third-order valence-electron chi connectivity index (χ3n) is 4.02. The molecule has 140 valence electrons. The number of carbonyl (C=O) groups excluding carboxylic acids is 2. The molecule has 0 radical (unpaired) electrons. The summed E-state index contributed by atoms with van der Waals surface area (Å²) in [7, 11) is 0.489. The Balaban J connectivity index is 2.12. The van der Waals surface area contributed by atoms with Crippen LogP contribution in [0.5, 0.6) is 0 Å². The molecule has 1 heterocycles. The first-order valence-corrected chi connectivity index (χ1v) is 9.57. The van der Waals surface area contributed by atoms with E-state index in [9.17, 15) is 13.8 Å². The largest absolute Gasteiger partial charge is 0.449 e. The van der Waals surface area contributed by atoms with Crippen molar-refractivity contribution in [3.8, 4) is 0 Å². The number of amides is 1. The molecule has 1 aromatic carbocycles. The molecule has 8 heteroatoms. The van der Waals surface area contributed by atoms with Crippen molar-refractivity contribution in [1.82, 2.24) is 9.78 Å². The number of ether oxygens (including phenoxy) is 1. The van der Waals surface area contributed by atoms with Crippen molar-refractivity contribution in [2.45, 2.75) is 38.7 Å². The Hall–Kier alpha value is -2.48. The van der Waals surface area contributed by atoms with Gasteiger partial charge in [0, 0.05) is 12.8 Å². The summed E-state index contributed by atoms with van der Waals surface area (Å²) in [6.45, 7) is 6.89. The molecule has 2 rings (SSSR count). The molecule has 2 unspecified atom stereocenters. The zero-order valence-corrected chi connectivity index (χ0v) is 16.3. The Labute approximate surface area is 155 Å². The average Bonchev–Trinajstić information content (AvgIpc) is 2.86. The van der Waals surface area contributed by atoms with E-state index in [-0.39, 0.29) is 5.56 Å². The van der Waals surface area contributed by atoms with Crippen LogP contribution in [0.2, 0.25) is 0 Å². The molecule has 0 saturated heterocycles. The number of aryl methyl sites for hydroxylation is 2. The lowest BCUT2D eigenvalue weighted by atomic mass is 10.2. The second-order valence-corrected chi connectivity index (χ2v) is 7.54. The van der Waals surface area contributed by atoms with E-state index >= 15 is 0 Å². The monoisotopic (exact) mass is 377 g/mol. The van der Waals surface area contributed by atoms with Gasteiger partial charge >= 0.3 is 5.97 Å². The topological polar surface area (TPSA) is 90.3 Å². The van der Waals surface area contributed by atoms with Gasteiger partial charge in [0.15, 0.2) is 6.10 Å². The van der Waals surface area contributed by atoms with Crippen molar-refractivity contribution in [1.29, 1.82) is 0 Å². The molecule has 0 spiro atoms. The van der Waals surface area contributed by atoms with Gasteiger partial charge in [0.25, 0.3) is 5.91 Å². The Morgan fingerprint density at radius 1 is 1.31 bits per heavy atom. The number of rotatable bonds is 6. The minimum absolute atomic E-state index is 0.209. The number of esters is 1. The summed E-state index contributed by atoms with van der Waals surface area (Å²) >= 11 is 0. The van der Waals surface area contributed by atoms with Crippen molar-refractivity contribution in [3.05, 3.63) is 41.2 Å². The van der Waals surface area contributed by atoms with Gasteiger partial charge in [0.1, 0.15) is 0 Å². The van der Waals surface area contributed by atoms with Crippen LogP contribution in [0.3, 0.4) is 0 Å². The Morgan fingerprint density at radius 2 is 1.96 bits per heavy atom. The van der Waals surface area contributed by atoms with Gasteiger partial charge in [0.05, 0.1) is 38.3 Å². The van der Waals surface area contributed by atoms with E-state index in [1.807, 2.05) is 6.92 Å². The van der Waals surface area contributed by atoms with Crippen molar-refractivity contribution in [3.63, 3.8) is 0 Å². The minimum Gasteiger partial charge on any atom is -0.449 e. The lowest BCUT2D eigenvalue weighted by molar-refractivity contribution is -0.123. The second-order valence-electron chi connectivity index (χ2n) is 5.84. The van der Waals surface area contributed by atoms with Crippen LogP contribution in [0.1, 0.15) is 35.6 Å². The lowest BCUT2D eigenvalue weighted by Gasteiger charge is -2.15. The predicted octanol–water partition coefficient (Wildman–Crippen LogP) is 2.35. The van der Waals surface area contributed by atoms with Crippen LogP contribution >= 0.6 is 0 Å². The number of nitrogens with zero attached hydrogens (tertiary/aromatic N) is 2. The molecule has 0 aliphatic rings. The zero-order valence-electron chi connectivity index (χ0n) is 15.5. The van der Waals surface area contributed by atoms with Crippen LogP contribution in [0, 0.1) is 13.8 Å². The number of benzene rings is 1. The molecule has 2 aromatic rings. The van der Waals surface area contributed by atoms with Crippen LogP contribution in [-0.2, 0) is 27.4 Å². The highest BCUT2D eigenvalue weighted by molar-refractivity contribution is 7.85. The SMILES string of the molecule is CCS(=O)c1ccccc1C(=O)OC(C)C(=O)Nc1c(C)nn(C)c1C. The maximum atomic E-state index is 12.4. The van der Waals surface area contributed by atoms with Gasteiger partial charge in [-0.15, -0.1) is 0 Å². The fourth-order valence-corrected chi connectivity index (χ4v) is 3.38. The van der Waals surface area contributed by atoms with Gasteiger partial charge in [0.2, 0.25) is 0 Å². The summed E-state index contributed by atoms with van der Waals surface area (Å²) < 4.78 is 19.0. The van der Waals surface area contributed by atoms with E-state index in [1.54, 1.807) is 49.8 Å². The van der Waals surface area contributed by atoms with Crippen LogP contribution in [0.4, 0.5) is 5.69 Å². The first-order chi connectivity index (χ1) is 12.3. The summed E-state index contributed by atoms with van der Waals surface area (Å²) in [4.78, 5) is 25.2. The summed E-state index contributed by atoms with van der Waals surface area (Å²) in [6.07, 6.45) is -1.01. The Kier molecular flexibility index (Phi) is 6.31. The molecule has 1 aromatic heterocycles. The van der Waals surface area contributed by atoms with Crippen LogP contribution in [-0.4, -0.2) is 37.7 Å². The smallest absolute Gasteiger partial charge is 0.340 e. The minimum atomic E-state index is -1.30. The van der Waals surface area contributed by atoms with E-state index in [4.69, 9.17) is 4.74 Å². The molecule has 26 heavy (non-hydrogen) atoms. The number of hydrogen-bond acceptors (Lipinski definition) is 5. The maximum Gasteiger partial charge on any atom is 0.340 e. The van der Waals surface area contributed by atoms with Crippen molar-refractivity contribution in [2.75, 3.05) is 11.1 Å². The Bertz CT molecular complexity index is 860. The third-order valence-corrected chi connectivity index (χ3v) is 5.40. The normalized spacial score (nSPS) is 13.1. The van der Waals surface area contributed by atoms with Crippen LogP contribution in [0.25, 0.3) is 0 Å². The average molecular weight is 377 g/mol. The van der Waals surface area contributed by atoms with E-state index in [0.29, 0.717) is 22.0 Å². The van der Waals surface area contributed by atoms with E-state index in [0.717, 1.165) is 5.69 Å². The molecule has 1 amide bonds. The fraction of sp³-hybridized carbons (Fsp3) is 0.389. The van der Waals surface area contributed by atoms with Gasteiger partial charge in [-0.2, -0.15) is 5.10 Å².